The molecule has 0 spiro atoms. The van der Waals surface area contributed by atoms with Gasteiger partial charge in [-0.05, 0) is 6.92 Å². The first kappa shape index (κ1) is 6.55. The number of rotatable bonds is 1. The van der Waals surface area contributed by atoms with Crippen LogP contribution in [-0.4, -0.2) is 24.7 Å². The summed E-state index contributed by atoms with van der Waals surface area (Å²) in [7, 11) is 0. The molecule has 0 aromatic heterocycles. The van der Waals surface area contributed by atoms with Crippen LogP contribution in [0.1, 0.15) is 13.8 Å². The minimum atomic E-state index is -0.0775. The molecule has 0 atom stereocenters. The largest absolute Gasteiger partial charge is 0.376 e. The third kappa shape index (κ3) is 1.42. The van der Waals surface area contributed by atoms with Crippen molar-refractivity contribution in [1.29, 1.82) is 0 Å². The molecule has 1 heterocycles. The number of hydrogen-bond donors (Lipinski definition) is 1. The number of ether oxygens (including phenoxy) is 1. The Kier molecular flexibility index (Phi) is 1.45. The van der Waals surface area contributed by atoms with E-state index in [-0.39, 0.29) is 11.4 Å². The van der Waals surface area contributed by atoms with E-state index in [1.807, 2.05) is 6.92 Å². The van der Waals surface area contributed by atoms with Crippen molar-refractivity contribution in [3.63, 3.8) is 0 Å². The predicted octanol–water partition coefficient (Wildman–Crippen LogP) is -0.0886. The lowest BCUT2D eigenvalue weighted by Crippen LogP contribution is -2.59. The van der Waals surface area contributed by atoms with Crippen molar-refractivity contribution in [3.05, 3.63) is 0 Å². The van der Waals surface area contributed by atoms with Crippen molar-refractivity contribution in [2.24, 2.45) is 0 Å². The normalized spacial score (nSPS) is 22.4. The molecular formula is C6H11NO2. The fourth-order valence-electron chi connectivity index (χ4n) is 0.905. The summed E-state index contributed by atoms with van der Waals surface area (Å²) in [6.07, 6.45) is 0. The third-order valence-corrected chi connectivity index (χ3v) is 1.32. The van der Waals surface area contributed by atoms with Gasteiger partial charge in [-0.3, -0.25) is 4.79 Å². The molecule has 1 rings (SSSR count). The van der Waals surface area contributed by atoms with E-state index in [1.165, 1.54) is 6.92 Å². The topological polar surface area (TPSA) is 38.3 Å². The Bertz CT molecular complexity index is 129. The maximum Gasteiger partial charge on any atom is 0.217 e. The Hall–Kier alpha value is -0.570. The summed E-state index contributed by atoms with van der Waals surface area (Å²) in [5.41, 5.74) is -0.0775. The molecule has 1 aliphatic rings. The maximum atomic E-state index is 10.5. The molecule has 0 radical (unpaired) electrons. The molecule has 1 N–H and O–H groups in total. The highest BCUT2D eigenvalue weighted by atomic mass is 16.5. The summed E-state index contributed by atoms with van der Waals surface area (Å²) in [5.74, 6) is 0.0146. The highest BCUT2D eigenvalue weighted by Crippen LogP contribution is 2.14. The molecule has 1 fully saturated rings. The zero-order valence-electron chi connectivity index (χ0n) is 5.73. The quantitative estimate of drug-likeness (QED) is 0.537. The van der Waals surface area contributed by atoms with Crippen molar-refractivity contribution in [3.8, 4) is 0 Å². The lowest BCUT2D eigenvalue weighted by Gasteiger charge is -2.38. The molecule has 0 aromatic rings. The molecule has 52 valence electrons. The van der Waals surface area contributed by atoms with Gasteiger partial charge in [0.05, 0.1) is 18.8 Å². The summed E-state index contributed by atoms with van der Waals surface area (Å²) in [6, 6.07) is 0. The van der Waals surface area contributed by atoms with Crippen LogP contribution in [0.5, 0.6) is 0 Å². The van der Waals surface area contributed by atoms with Crippen LogP contribution in [0.3, 0.4) is 0 Å². The zero-order chi connectivity index (χ0) is 6.91. The molecule has 1 saturated heterocycles. The van der Waals surface area contributed by atoms with Crippen LogP contribution < -0.4 is 5.32 Å². The van der Waals surface area contributed by atoms with Gasteiger partial charge in [-0.2, -0.15) is 0 Å². The van der Waals surface area contributed by atoms with Gasteiger partial charge in [0.1, 0.15) is 0 Å². The molecular weight excluding hydrogens is 118 g/mol. The van der Waals surface area contributed by atoms with E-state index in [1.54, 1.807) is 0 Å². The van der Waals surface area contributed by atoms with Gasteiger partial charge in [-0.25, -0.2) is 0 Å². The second kappa shape index (κ2) is 1.99. The summed E-state index contributed by atoms with van der Waals surface area (Å²) in [6.45, 7) is 4.78. The summed E-state index contributed by atoms with van der Waals surface area (Å²) in [4.78, 5) is 10.5. The highest BCUT2D eigenvalue weighted by molar-refractivity contribution is 5.73. The van der Waals surface area contributed by atoms with Crippen LogP contribution >= 0.6 is 0 Å². The molecule has 9 heavy (non-hydrogen) atoms. The summed E-state index contributed by atoms with van der Waals surface area (Å²) >= 11 is 0. The van der Waals surface area contributed by atoms with E-state index >= 15 is 0 Å². The van der Waals surface area contributed by atoms with Crippen molar-refractivity contribution < 1.29 is 9.53 Å². The van der Waals surface area contributed by atoms with Crippen LogP contribution in [0.25, 0.3) is 0 Å². The first-order chi connectivity index (χ1) is 4.12. The number of amides is 1. The van der Waals surface area contributed by atoms with Crippen LogP contribution in [0.4, 0.5) is 0 Å². The standard InChI is InChI=1S/C6H11NO2/c1-5(8)7-6(2)3-9-4-6/h3-4H2,1-2H3,(H,7,8). The Labute approximate surface area is 54.4 Å². The van der Waals surface area contributed by atoms with Gasteiger partial charge >= 0.3 is 0 Å². The van der Waals surface area contributed by atoms with E-state index in [4.69, 9.17) is 4.74 Å². The smallest absolute Gasteiger partial charge is 0.217 e. The van der Waals surface area contributed by atoms with Gasteiger partial charge in [0.25, 0.3) is 0 Å². The zero-order valence-corrected chi connectivity index (χ0v) is 5.73. The number of hydrogen-bond acceptors (Lipinski definition) is 2. The molecule has 3 nitrogen and oxygen atoms in total. The number of carbonyl (C=O) groups excluding carboxylic acids is 1. The second-order valence-corrected chi connectivity index (χ2v) is 2.73. The lowest BCUT2D eigenvalue weighted by atomic mass is 10.0. The minimum Gasteiger partial charge on any atom is -0.376 e. The average Bonchev–Trinajstić information content (AvgIpc) is 1.60. The number of nitrogens with one attached hydrogen (secondary N) is 1. The maximum absolute atomic E-state index is 10.5. The SMILES string of the molecule is CC(=O)NC1(C)COC1. The summed E-state index contributed by atoms with van der Waals surface area (Å²) in [5, 5.41) is 2.79. The molecule has 1 amide bonds. The first-order valence-corrected chi connectivity index (χ1v) is 2.99. The van der Waals surface area contributed by atoms with E-state index in [0.717, 1.165) is 0 Å². The number of carbonyl (C=O) groups is 1. The predicted molar refractivity (Wildman–Crippen MR) is 33.0 cm³/mol. The third-order valence-electron chi connectivity index (χ3n) is 1.32. The van der Waals surface area contributed by atoms with E-state index in [9.17, 15) is 4.79 Å². The molecule has 0 aromatic carbocycles. The molecule has 0 bridgehead atoms. The van der Waals surface area contributed by atoms with Crippen molar-refractivity contribution >= 4 is 5.91 Å². The first-order valence-electron chi connectivity index (χ1n) is 2.99. The van der Waals surface area contributed by atoms with Crippen molar-refractivity contribution in [2.75, 3.05) is 13.2 Å². The fourth-order valence-corrected chi connectivity index (χ4v) is 0.905. The van der Waals surface area contributed by atoms with Gasteiger partial charge in [0, 0.05) is 6.92 Å². The van der Waals surface area contributed by atoms with Gasteiger partial charge in [0.2, 0.25) is 5.91 Å². The molecule has 1 aliphatic heterocycles. The monoisotopic (exact) mass is 129 g/mol. The van der Waals surface area contributed by atoms with Gasteiger partial charge < -0.3 is 10.1 Å². The van der Waals surface area contributed by atoms with E-state index in [2.05, 4.69) is 5.32 Å². The van der Waals surface area contributed by atoms with Crippen molar-refractivity contribution in [1.82, 2.24) is 5.32 Å². The van der Waals surface area contributed by atoms with Gasteiger partial charge in [0.15, 0.2) is 0 Å². The van der Waals surface area contributed by atoms with Crippen LogP contribution in [0.2, 0.25) is 0 Å². The Morgan fingerprint density at radius 1 is 1.67 bits per heavy atom. The van der Waals surface area contributed by atoms with Crippen molar-refractivity contribution in [2.45, 2.75) is 19.4 Å². The Morgan fingerprint density at radius 2 is 2.22 bits per heavy atom. The second-order valence-electron chi connectivity index (χ2n) is 2.73. The molecule has 0 saturated carbocycles. The van der Waals surface area contributed by atoms with Crippen LogP contribution in [0, 0.1) is 0 Å². The van der Waals surface area contributed by atoms with Gasteiger partial charge in [-0.1, -0.05) is 0 Å². The summed E-state index contributed by atoms with van der Waals surface area (Å²) < 4.78 is 4.92. The van der Waals surface area contributed by atoms with Crippen LogP contribution in [0.15, 0.2) is 0 Å². The highest BCUT2D eigenvalue weighted by Gasteiger charge is 2.33. The molecule has 3 heteroatoms. The Balaban J connectivity index is 2.33. The van der Waals surface area contributed by atoms with Gasteiger partial charge in [-0.15, -0.1) is 0 Å². The van der Waals surface area contributed by atoms with Crippen LogP contribution in [-0.2, 0) is 9.53 Å². The lowest BCUT2D eigenvalue weighted by molar-refractivity contribution is -0.128. The molecule has 0 unspecified atom stereocenters. The fraction of sp³-hybridized carbons (Fsp3) is 0.833. The van der Waals surface area contributed by atoms with E-state index < -0.39 is 0 Å². The average molecular weight is 129 g/mol. The Morgan fingerprint density at radius 3 is 2.33 bits per heavy atom. The minimum absolute atomic E-state index is 0.0146. The van der Waals surface area contributed by atoms with E-state index in [0.29, 0.717) is 13.2 Å². The molecule has 0 aliphatic carbocycles.